The van der Waals surface area contributed by atoms with Crippen molar-refractivity contribution >= 4 is 35.0 Å². The van der Waals surface area contributed by atoms with Gasteiger partial charge in [0, 0.05) is 0 Å². The molecule has 1 rings (SSSR count). The minimum atomic E-state index is -2.23. The van der Waals surface area contributed by atoms with Crippen molar-refractivity contribution in [3.8, 4) is 0 Å². The molecule has 0 aromatic heterocycles. The molecule has 1 saturated heterocycles. The maximum atomic E-state index is 6.49. The summed E-state index contributed by atoms with van der Waals surface area (Å²) in [4.78, 5) is 0. The molecule has 8 heteroatoms. The van der Waals surface area contributed by atoms with Gasteiger partial charge in [0.1, 0.15) is 0 Å². The Morgan fingerprint density at radius 2 is 1.25 bits per heavy atom. The second kappa shape index (κ2) is 6.07. The lowest BCUT2D eigenvalue weighted by molar-refractivity contribution is 0.241. The van der Waals surface area contributed by atoms with Crippen molar-refractivity contribution in [3.05, 3.63) is 0 Å². The molecule has 1 heterocycles. The Hall–Kier alpha value is 0.708. The Kier molecular flexibility index (Phi) is 5.69. The lowest BCUT2D eigenvalue weighted by Crippen LogP contribution is -2.61. The van der Waals surface area contributed by atoms with Crippen LogP contribution in [0.2, 0.25) is 45.3 Å². The molecule has 0 N–H and O–H groups in total. The average molecular weight is 353 g/mol. The molecule has 0 saturated carbocycles. The highest BCUT2D eigenvalue weighted by Crippen LogP contribution is 2.33. The van der Waals surface area contributed by atoms with E-state index in [-0.39, 0.29) is 0 Å². The van der Waals surface area contributed by atoms with Crippen LogP contribution in [-0.4, -0.2) is 35.0 Å². The predicted molar refractivity (Wildman–Crippen MR) is 92.8 cm³/mol. The van der Waals surface area contributed by atoms with E-state index in [0.717, 1.165) is 12.5 Å². The molecule has 0 amide bonds. The Morgan fingerprint density at radius 3 is 1.60 bits per heavy atom. The zero-order valence-electron chi connectivity index (χ0n) is 14.6. The molecule has 4 nitrogen and oxygen atoms in total. The molecule has 0 bridgehead atoms. The van der Waals surface area contributed by atoms with Crippen molar-refractivity contribution < 1.29 is 16.5 Å². The molecule has 0 atom stereocenters. The molecule has 0 aromatic rings. The minimum Gasteiger partial charge on any atom is -0.418 e. The Bertz CT molecular complexity index is 321. The van der Waals surface area contributed by atoms with Crippen LogP contribution in [-0.2, 0) is 16.5 Å². The number of rotatable bonds is 2. The first-order chi connectivity index (χ1) is 8.72. The topological polar surface area (TPSA) is 36.9 Å². The second-order valence-corrected chi connectivity index (χ2v) is 21.0. The van der Waals surface area contributed by atoms with E-state index in [1.54, 1.807) is 0 Å². The fourth-order valence-electron chi connectivity index (χ4n) is 2.64. The Morgan fingerprint density at radius 1 is 0.850 bits per heavy atom. The van der Waals surface area contributed by atoms with Crippen LogP contribution < -0.4 is 0 Å². The van der Waals surface area contributed by atoms with Crippen LogP contribution in [0.5, 0.6) is 0 Å². The lowest BCUT2D eigenvalue weighted by Gasteiger charge is -2.45. The SMILES string of the molecule is C[SiH]1O[Si](C)(C)O[Si](C)(CCC(C)(C)C)O[Si](C)(C)O1. The van der Waals surface area contributed by atoms with Crippen molar-refractivity contribution in [2.45, 2.75) is 72.5 Å². The quantitative estimate of drug-likeness (QED) is 0.708. The summed E-state index contributed by atoms with van der Waals surface area (Å²) in [5.41, 5.74) is 0.298. The zero-order chi connectivity index (χ0) is 15.8. The van der Waals surface area contributed by atoms with Crippen LogP contribution in [0.25, 0.3) is 0 Å². The van der Waals surface area contributed by atoms with Gasteiger partial charge < -0.3 is 16.5 Å². The largest absolute Gasteiger partial charge is 0.418 e. The van der Waals surface area contributed by atoms with Crippen LogP contribution in [0.1, 0.15) is 27.2 Å². The van der Waals surface area contributed by atoms with Crippen LogP contribution in [0.3, 0.4) is 0 Å². The van der Waals surface area contributed by atoms with Crippen LogP contribution in [0.15, 0.2) is 0 Å². The highest BCUT2D eigenvalue weighted by atomic mass is 28.5. The highest BCUT2D eigenvalue weighted by molar-refractivity contribution is 6.89. The van der Waals surface area contributed by atoms with Crippen molar-refractivity contribution in [1.29, 1.82) is 0 Å². The summed E-state index contributed by atoms with van der Waals surface area (Å²) in [6, 6.07) is 1.01. The van der Waals surface area contributed by atoms with E-state index in [4.69, 9.17) is 16.5 Å². The van der Waals surface area contributed by atoms with E-state index in [2.05, 4.69) is 60.1 Å². The van der Waals surface area contributed by atoms with E-state index in [0.29, 0.717) is 5.41 Å². The van der Waals surface area contributed by atoms with Gasteiger partial charge in [0.05, 0.1) is 0 Å². The summed E-state index contributed by atoms with van der Waals surface area (Å²) in [6.45, 7) is 19.5. The number of hydrogen-bond acceptors (Lipinski definition) is 4. The summed E-state index contributed by atoms with van der Waals surface area (Å²) < 4.78 is 25.3. The van der Waals surface area contributed by atoms with Crippen molar-refractivity contribution in [2.24, 2.45) is 5.41 Å². The molecular weight excluding hydrogens is 320 g/mol. The van der Waals surface area contributed by atoms with Gasteiger partial charge in [-0.3, -0.25) is 0 Å². The summed E-state index contributed by atoms with van der Waals surface area (Å²) in [6.07, 6.45) is 1.11. The monoisotopic (exact) mass is 352 g/mol. The molecule has 1 aliphatic heterocycles. The molecule has 0 aliphatic carbocycles. The Labute approximate surface area is 129 Å². The van der Waals surface area contributed by atoms with Crippen molar-refractivity contribution in [1.82, 2.24) is 0 Å². The summed E-state index contributed by atoms with van der Waals surface area (Å²) in [5.74, 6) is 0. The van der Waals surface area contributed by atoms with Gasteiger partial charge in [-0.1, -0.05) is 20.8 Å². The van der Waals surface area contributed by atoms with Crippen LogP contribution >= 0.6 is 0 Å². The lowest BCUT2D eigenvalue weighted by atomic mass is 9.94. The minimum absolute atomic E-state index is 0.298. The van der Waals surface area contributed by atoms with Crippen LogP contribution in [0, 0.1) is 5.41 Å². The zero-order valence-corrected chi connectivity index (χ0v) is 18.8. The van der Waals surface area contributed by atoms with E-state index >= 15 is 0 Å². The molecule has 20 heavy (non-hydrogen) atoms. The summed E-state index contributed by atoms with van der Waals surface area (Å²) in [5, 5.41) is 0. The van der Waals surface area contributed by atoms with Gasteiger partial charge in [0.2, 0.25) is 0 Å². The van der Waals surface area contributed by atoms with Gasteiger partial charge >= 0.3 is 35.0 Å². The third-order valence-corrected chi connectivity index (χ3v) is 18.9. The molecular formula is C12H32O4Si4. The molecule has 0 spiro atoms. The van der Waals surface area contributed by atoms with Gasteiger partial charge in [-0.25, -0.2) is 0 Å². The van der Waals surface area contributed by atoms with E-state index < -0.39 is 35.0 Å². The predicted octanol–water partition coefficient (Wildman–Crippen LogP) is 3.83. The van der Waals surface area contributed by atoms with E-state index in [1.807, 2.05) is 0 Å². The van der Waals surface area contributed by atoms with Gasteiger partial charge in [-0.2, -0.15) is 0 Å². The van der Waals surface area contributed by atoms with Gasteiger partial charge in [-0.05, 0) is 57.2 Å². The van der Waals surface area contributed by atoms with E-state index in [1.165, 1.54) is 0 Å². The Balaban J connectivity index is 2.90. The maximum absolute atomic E-state index is 6.49. The molecule has 0 radical (unpaired) electrons. The normalized spacial score (nSPS) is 34.4. The molecule has 120 valence electrons. The first-order valence-corrected chi connectivity index (χ1v) is 17.7. The first-order valence-electron chi connectivity index (χ1n) is 7.48. The molecule has 1 aliphatic rings. The van der Waals surface area contributed by atoms with Crippen molar-refractivity contribution in [2.75, 3.05) is 0 Å². The standard InChI is InChI=1S/C12H32O4Si4/c1-12(2,3)10-11-20(9)15-18(5,6)13-17(4)14-19(7,8)16-20/h17H,10-11H2,1-9H3. The smallest absolute Gasteiger partial charge is 0.317 e. The first kappa shape index (κ1) is 18.8. The fraction of sp³-hybridized carbons (Fsp3) is 1.00. The third kappa shape index (κ3) is 6.65. The molecule has 0 aromatic carbocycles. The van der Waals surface area contributed by atoms with Crippen LogP contribution in [0.4, 0.5) is 0 Å². The van der Waals surface area contributed by atoms with Gasteiger partial charge in [0.15, 0.2) is 0 Å². The number of hydrogen-bond donors (Lipinski definition) is 0. The summed E-state index contributed by atoms with van der Waals surface area (Å²) in [7, 11) is -8.14. The third-order valence-electron chi connectivity index (χ3n) is 3.15. The van der Waals surface area contributed by atoms with Crippen molar-refractivity contribution in [3.63, 3.8) is 0 Å². The molecule has 1 fully saturated rings. The fourth-order valence-corrected chi connectivity index (χ4v) is 21.8. The average Bonchev–Trinajstić information content (AvgIpc) is 2.07. The summed E-state index contributed by atoms with van der Waals surface area (Å²) >= 11 is 0. The highest BCUT2D eigenvalue weighted by Gasteiger charge is 2.48. The second-order valence-electron chi connectivity index (χ2n) is 8.00. The van der Waals surface area contributed by atoms with Gasteiger partial charge in [0.25, 0.3) is 0 Å². The van der Waals surface area contributed by atoms with E-state index in [9.17, 15) is 0 Å². The van der Waals surface area contributed by atoms with Gasteiger partial charge in [-0.15, -0.1) is 0 Å². The molecule has 0 unspecified atom stereocenters. The maximum Gasteiger partial charge on any atom is 0.317 e.